The minimum Gasteiger partial charge on any atom is -0.480 e. The number of aryl methyl sites for hydroxylation is 1. The van der Waals surface area contributed by atoms with Crippen molar-refractivity contribution in [2.45, 2.75) is 32.4 Å². The summed E-state index contributed by atoms with van der Waals surface area (Å²) in [5, 5.41) is 15.2. The van der Waals surface area contributed by atoms with Crippen molar-refractivity contribution in [1.82, 2.24) is 20.4 Å². The lowest BCUT2D eigenvalue weighted by atomic mass is 10.2. The predicted molar refractivity (Wildman–Crippen MR) is 58.6 cm³/mol. The molecule has 0 bridgehead atoms. The first-order valence-electron chi connectivity index (χ1n) is 5.64. The van der Waals surface area contributed by atoms with Crippen LogP contribution in [0.15, 0.2) is 4.52 Å². The van der Waals surface area contributed by atoms with Crippen LogP contribution in [0, 0.1) is 6.92 Å². The van der Waals surface area contributed by atoms with Gasteiger partial charge < -0.3 is 19.8 Å². The number of nitrogens with zero attached hydrogens (tertiary/aromatic N) is 3. The third kappa shape index (κ3) is 2.58. The van der Waals surface area contributed by atoms with Crippen LogP contribution < -0.4 is 5.32 Å². The predicted octanol–water partition coefficient (Wildman–Crippen LogP) is 0.137. The Bertz CT molecular complexity index is 458. The van der Waals surface area contributed by atoms with E-state index in [0.717, 1.165) is 0 Å². The maximum absolute atomic E-state index is 11.8. The molecule has 0 spiro atoms. The molecule has 1 aliphatic rings. The van der Waals surface area contributed by atoms with E-state index in [4.69, 9.17) is 9.63 Å². The van der Waals surface area contributed by atoms with Gasteiger partial charge in [-0.25, -0.2) is 9.59 Å². The zero-order valence-corrected chi connectivity index (χ0v) is 9.92. The lowest BCUT2D eigenvalue weighted by Gasteiger charge is -2.21. The van der Waals surface area contributed by atoms with Gasteiger partial charge in [0.1, 0.15) is 6.04 Å². The molecule has 2 rings (SSSR count). The van der Waals surface area contributed by atoms with Crippen LogP contribution in [-0.4, -0.2) is 44.7 Å². The summed E-state index contributed by atoms with van der Waals surface area (Å²) in [7, 11) is 0. The minimum atomic E-state index is -0.974. The Morgan fingerprint density at radius 1 is 1.61 bits per heavy atom. The van der Waals surface area contributed by atoms with Crippen molar-refractivity contribution in [2.75, 3.05) is 6.54 Å². The van der Waals surface area contributed by atoms with E-state index in [1.807, 2.05) is 0 Å². The van der Waals surface area contributed by atoms with Gasteiger partial charge in [-0.15, -0.1) is 0 Å². The maximum atomic E-state index is 11.8. The SMILES string of the molecule is Cc1nc(CNC(=O)N2CCC[C@H]2C(=O)O)no1. The van der Waals surface area contributed by atoms with Gasteiger partial charge in [0.15, 0.2) is 5.82 Å². The van der Waals surface area contributed by atoms with Crippen LogP contribution in [0.25, 0.3) is 0 Å². The molecule has 98 valence electrons. The van der Waals surface area contributed by atoms with E-state index in [-0.39, 0.29) is 6.54 Å². The summed E-state index contributed by atoms with van der Waals surface area (Å²) in [6.45, 7) is 2.23. The molecular formula is C10H14N4O4. The number of hydrogen-bond acceptors (Lipinski definition) is 5. The van der Waals surface area contributed by atoms with Crippen LogP contribution in [-0.2, 0) is 11.3 Å². The van der Waals surface area contributed by atoms with Crippen LogP contribution in [0.2, 0.25) is 0 Å². The highest BCUT2D eigenvalue weighted by Gasteiger charge is 2.33. The van der Waals surface area contributed by atoms with Gasteiger partial charge in [0.05, 0.1) is 6.54 Å². The molecular weight excluding hydrogens is 240 g/mol. The van der Waals surface area contributed by atoms with Crippen molar-refractivity contribution in [3.63, 3.8) is 0 Å². The summed E-state index contributed by atoms with van der Waals surface area (Å²) >= 11 is 0. The van der Waals surface area contributed by atoms with Crippen LogP contribution in [0.1, 0.15) is 24.6 Å². The number of aromatic nitrogens is 2. The van der Waals surface area contributed by atoms with Gasteiger partial charge >= 0.3 is 12.0 Å². The van der Waals surface area contributed by atoms with Crippen LogP contribution in [0.4, 0.5) is 4.79 Å². The Balaban J connectivity index is 1.89. The first-order valence-corrected chi connectivity index (χ1v) is 5.64. The number of nitrogens with one attached hydrogen (secondary N) is 1. The summed E-state index contributed by atoms with van der Waals surface area (Å²) in [6, 6.07) is -1.15. The second-order valence-corrected chi connectivity index (χ2v) is 4.08. The van der Waals surface area contributed by atoms with E-state index < -0.39 is 18.0 Å². The van der Waals surface area contributed by atoms with Gasteiger partial charge in [-0.05, 0) is 12.8 Å². The molecule has 1 saturated heterocycles. The number of carbonyl (C=O) groups excluding carboxylic acids is 1. The van der Waals surface area contributed by atoms with E-state index in [1.54, 1.807) is 6.92 Å². The zero-order chi connectivity index (χ0) is 13.1. The van der Waals surface area contributed by atoms with Crippen molar-refractivity contribution in [3.8, 4) is 0 Å². The summed E-state index contributed by atoms with van der Waals surface area (Å²) in [4.78, 5) is 28.0. The lowest BCUT2D eigenvalue weighted by molar-refractivity contribution is -0.141. The van der Waals surface area contributed by atoms with Gasteiger partial charge in [0.2, 0.25) is 5.89 Å². The number of urea groups is 1. The Labute approximate surface area is 103 Å². The molecule has 1 fully saturated rings. The topological polar surface area (TPSA) is 109 Å². The third-order valence-electron chi connectivity index (χ3n) is 2.77. The Morgan fingerprint density at radius 2 is 2.39 bits per heavy atom. The molecule has 18 heavy (non-hydrogen) atoms. The third-order valence-corrected chi connectivity index (χ3v) is 2.77. The largest absolute Gasteiger partial charge is 0.480 e. The maximum Gasteiger partial charge on any atom is 0.326 e. The first-order chi connectivity index (χ1) is 8.58. The monoisotopic (exact) mass is 254 g/mol. The highest BCUT2D eigenvalue weighted by molar-refractivity contribution is 5.83. The number of likely N-dealkylation sites (tertiary alicyclic amines) is 1. The van der Waals surface area contributed by atoms with Crippen LogP contribution in [0.5, 0.6) is 0 Å². The van der Waals surface area contributed by atoms with Crippen molar-refractivity contribution in [1.29, 1.82) is 0 Å². The molecule has 0 saturated carbocycles. The molecule has 0 aliphatic carbocycles. The summed E-state index contributed by atoms with van der Waals surface area (Å²) in [5.41, 5.74) is 0. The molecule has 0 unspecified atom stereocenters. The fourth-order valence-electron chi connectivity index (χ4n) is 1.94. The quantitative estimate of drug-likeness (QED) is 0.794. The van der Waals surface area contributed by atoms with E-state index in [2.05, 4.69) is 15.5 Å². The number of hydrogen-bond donors (Lipinski definition) is 2. The average Bonchev–Trinajstić information content (AvgIpc) is 2.94. The van der Waals surface area contributed by atoms with E-state index in [9.17, 15) is 9.59 Å². The number of rotatable bonds is 3. The zero-order valence-electron chi connectivity index (χ0n) is 9.92. The molecule has 1 aliphatic heterocycles. The first kappa shape index (κ1) is 12.3. The normalized spacial score (nSPS) is 18.9. The fourth-order valence-corrected chi connectivity index (χ4v) is 1.94. The fraction of sp³-hybridized carbons (Fsp3) is 0.600. The molecule has 2 N–H and O–H groups in total. The summed E-state index contributed by atoms with van der Waals surface area (Å²) in [6.07, 6.45) is 1.19. The Hall–Kier alpha value is -2.12. The molecule has 0 aromatic carbocycles. The van der Waals surface area contributed by atoms with Crippen molar-refractivity contribution in [2.24, 2.45) is 0 Å². The molecule has 1 aromatic rings. The molecule has 0 radical (unpaired) electrons. The number of carboxylic acids is 1. The van der Waals surface area contributed by atoms with Crippen LogP contribution >= 0.6 is 0 Å². The van der Waals surface area contributed by atoms with Gasteiger partial charge in [0.25, 0.3) is 0 Å². The average molecular weight is 254 g/mol. The van der Waals surface area contributed by atoms with Crippen molar-refractivity contribution >= 4 is 12.0 Å². The van der Waals surface area contributed by atoms with Crippen molar-refractivity contribution in [3.05, 3.63) is 11.7 Å². The molecule has 1 aromatic heterocycles. The highest BCUT2D eigenvalue weighted by atomic mass is 16.5. The Morgan fingerprint density at radius 3 is 3.00 bits per heavy atom. The lowest BCUT2D eigenvalue weighted by Crippen LogP contribution is -2.45. The number of aliphatic carboxylic acids is 1. The molecule has 2 heterocycles. The number of carboxylic acid groups (broad SMARTS) is 1. The van der Waals surface area contributed by atoms with E-state index in [0.29, 0.717) is 31.1 Å². The van der Waals surface area contributed by atoms with Crippen LogP contribution in [0.3, 0.4) is 0 Å². The highest BCUT2D eigenvalue weighted by Crippen LogP contribution is 2.17. The second-order valence-electron chi connectivity index (χ2n) is 4.08. The summed E-state index contributed by atoms with van der Waals surface area (Å²) < 4.78 is 4.76. The minimum absolute atomic E-state index is 0.124. The molecule has 8 nitrogen and oxygen atoms in total. The van der Waals surface area contributed by atoms with Gasteiger partial charge in [-0.1, -0.05) is 5.16 Å². The van der Waals surface area contributed by atoms with Gasteiger partial charge in [-0.3, -0.25) is 0 Å². The Kier molecular flexibility index (Phi) is 3.45. The molecule has 1 atom stereocenters. The smallest absolute Gasteiger partial charge is 0.326 e. The standard InChI is InChI=1S/C10H14N4O4/c1-6-12-8(13-18-6)5-11-10(17)14-4-2-3-7(14)9(15)16/h7H,2-5H2,1H3,(H,11,17)(H,15,16)/t7-/m0/s1. The number of carbonyl (C=O) groups is 2. The molecule has 8 heteroatoms. The molecule has 2 amide bonds. The van der Waals surface area contributed by atoms with E-state index in [1.165, 1.54) is 4.90 Å². The van der Waals surface area contributed by atoms with Gasteiger partial charge in [0, 0.05) is 13.5 Å². The summed E-state index contributed by atoms with van der Waals surface area (Å²) in [5.74, 6) is -0.186. The number of amides is 2. The van der Waals surface area contributed by atoms with Gasteiger partial charge in [-0.2, -0.15) is 4.98 Å². The van der Waals surface area contributed by atoms with E-state index >= 15 is 0 Å². The second kappa shape index (κ2) is 5.03. The van der Waals surface area contributed by atoms with Crippen molar-refractivity contribution < 1.29 is 19.2 Å².